The van der Waals surface area contributed by atoms with Crippen molar-refractivity contribution in [1.29, 1.82) is 0 Å². The zero-order valence-electron chi connectivity index (χ0n) is 13.6. The van der Waals surface area contributed by atoms with Crippen molar-refractivity contribution in [1.82, 2.24) is 10.1 Å². The van der Waals surface area contributed by atoms with Gasteiger partial charge in [-0.2, -0.15) is 4.98 Å². The van der Waals surface area contributed by atoms with Crippen LogP contribution in [-0.4, -0.2) is 10.1 Å². The van der Waals surface area contributed by atoms with Crippen molar-refractivity contribution >= 4 is 12.4 Å². The molecule has 4 rings (SSSR count). The van der Waals surface area contributed by atoms with E-state index in [-0.39, 0.29) is 23.6 Å². The van der Waals surface area contributed by atoms with Crippen LogP contribution in [0, 0.1) is 5.82 Å². The van der Waals surface area contributed by atoms with E-state index in [4.69, 9.17) is 15.2 Å². The molecule has 0 aliphatic heterocycles. The Morgan fingerprint density at radius 1 is 0.958 bits per heavy atom. The Labute approximate surface area is 147 Å². The molecule has 1 aromatic carbocycles. The molecule has 0 unspecified atom stereocenters. The maximum absolute atomic E-state index is 13.3. The Morgan fingerprint density at radius 3 is 2.21 bits per heavy atom. The highest BCUT2D eigenvalue weighted by atomic mass is 35.5. The van der Waals surface area contributed by atoms with Gasteiger partial charge in [-0.3, -0.25) is 0 Å². The maximum Gasteiger partial charge on any atom is 0.237 e. The highest BCUT2D eigenvalue weighted by Gasteiger charge is 2.44. The van der Waals surface area contributed by atoms with Gasteiger partial charge in [0.1, 0.15) is 5.82 Å². The number of nitrogens with two attached hydrogens (primary N) is 1. The first kappa shape index (κ1) is 17.4. The van der Waals surface area contributed by atoms with Crippen LogP contribution in [0.3, 0.4) is 0 Å². The summed E-state index contributed by atoms with van der Waals surface area (Å²) < 4.78 is 19.0. The van der Waals surface area contributed by atoms with E-state index in [0.29, 0.717) is 11.7 Å². The summed E-state index contributed by atoms with van der Waals surface area (Å²) in [6.45, 7) is 0. The molecule has 2 N–H and O–H groups in total. The topological polar surface area (TPSA) is 64.9 Å². The first-order chi connectivity index (χ1) is 11.1. The summed E-state index contributed by atoms with van der Waals surface area (Å²) in [5.41, 5.74) is 6.69. The summed E-state index contributed by atoms with van der Waals surface area (Å²) in [7, 11) is 0. The van der Waals surface area contributed by atoms with Crippen LogP contribution >= 0.6 is 12.4 Å². The summed E-state index contributed by atoms with van der Waals surface area (Å²) in [5, 5.41) is 4.19. The first-order valence-corrected chi connectivity index (χ1v) is 8.52. The van der Waals surface area contributed by atoms with Crippen molar-refractivity contribution in [2.24, 2.45) is 5.73 Å². The van der Waals surface area contributed by atoms with E-state index in [9.17, 15) is 4.39 Å². The molecule has 4 nitrogen and oxygen atoms in total. The van der Waals surface area contributed by atoms with Crippen molar-refractivity contribution < 1.29 is 8.91 Å². The fraction of sp³-hybridized carbons (Fsp3) is 0.556. The molecule has 1 aromatic heterocycles. The standard InChI is InChI=1S/C18H22FN3O.ClH/c19-14-7-5-13(6-8-14)17(9-2-1-3-10-17)16-21-15(22-23-16)18(20)11-4-12-18;/h5-8H,1-4,9-12,20H2;1H. The minimum atomic E-state index is -0.416. The van der Waals surface area contributed by atoms with Gasteiger partial charge in [0, 0.05) is 0 Å². The van der Waals surface area contributed by atoms with Crippen molar-refractivity contribution in [2.75, 3.05) is 0 Å². The molecule has 0 radical (unpaired) electrons. The molecule has 0 saturated heterocycles. The molecular formula is C18H23ClFN3O. The second kappa shape index (κ2) is 6.45. The predicted octanol–water partition coefficient (Wildman–Crippen LogP) is 4.22. The fourth-order valence-corrected chi connectivity index (χ4v) is 3.95. The molecule has 2 aliphatic carbocycles. The lowest BCUT2D eigenvalue weighted by Gasteiger charge is -2.35. The molecule has 0 atom stereocenters. The molecule has 2 aromatic rings. The summed E-state index contributed by atoms with van der Waals surface area (Å²) in [6.07, 6.45) is 8.29. The molecule has 0 amide bonds. The summed E-state index contributed by atoms with van der Waals surface area (Å²) in [6, 6.07) is 6.73. The van der Waals surface area contributed by atoms with Crippen LogP contribution in [0.4, 0.5) is 4.39 Å². The molecule has 130 valence electrons. The van der Waals surface area contributed by atoms with Crippen molar-refractivity contribution in [3.8, 4) is 0 Å². The van der Waals surface area contributed by atoms with E-state index in [1.54, 1.807) is 0 Å². The van der Waals surface area contributed by atoms with Crippen molar-refractivity contribution in [2.45, 2.75) is 62.3 Å². The second-order valence-electron chi connectivity index (χ2n) is 7.08. The Morgan fingerprint density at radius 2 is 1.62 bits per heavy atom. The van der Waals surface area contributed by atoms with Crippen LogP contribution < -0.4 is 5.73 Å². The van der Waals surface area contributed by atoms with Gasteiger partial charge >= 0.3 is 0 Å². The van der Waals surface area contributed by atoms with Crippen LogP contribution in [0.25, 0.3) is 0 Å². The molecule has 0 bridgehead atoms. The van der Waals surface area contributed by atoms with Crippen molar-refractivity contribution in [3.63, 3.8) is 0 Å². The number of halogens is 2. The van der Waals surface area contributed by atoms with Gasteiger partial charge in [0.2, 0.25) is 5.89 Å². The van der Waals surface area contributed by atoms with E-state index in [1.807, 2.05) is 12.1 Å². The van der Waals surface area contributed by atoms with Crippen LogP contribution in [0.2, 0.25) is 0 Å². The lowest BCUT2D eigenvalue weighted by molar-refractivity contribution is 0.223. The number of hydrogen-bond acceptors (Lipinski definition) is 4. The molecule has 1 heterocycles. The monoisotopic (exact) mass is 351 g/mol. The summed E-state index contributed by atoms with van der Waals surface area (Å²) in [5.74, 6) is 1.06. The van der Waals surface area contributed by atoms with E-state index in [2.05, 4.69) is 5.16 Å². The zero-order chi connectivity index (χ0) is 15.9. The van der Waals surface area contributed by atoms with Crippen LogP contribution in [-0.2, 0) is 11.0 Å². The Kier molecular flexibility index (Phi) is 4.67. The smallest absolute Gasteiger partial charge is 0.237 e. The largest absolute Gasteiger partial charge is 0.338 e. The lowest BCUT2D eigenvalue weighted by atomic mass is 9.69. The van der Waals surface area contributed by atoms with E-state index < -0.39 is 5.54 Å². The Bertz CT molecular complexity index is 691. The number of rotatable bonds is 3. The average molecular weight is 352 g/mol. The third-order valence-electron chi connectivity index (χ3n) is 5.63. The zero-order valence-corrected chi connectivity index (χ0v) is 14.4. The van der Waals surface area contributed by atoms with Crippen molar-refractivity contribution in [3.05, 3.63) is 47.4 Å². The third kappa shape index (κ3) is 2.74. The summed E-state index contributed by atoms with van der Waals surface area (Å²) in [4.78, 5) is 4.70. The number of hydrogen-bond donors (Lipinski definition) is 1. The van der Waals surface area contributed by atoms with Crippen LogP contribution in [0.5, 0.6) is 0 Å². The van der Waals surface area contributed by atoms with Crippen LogP contribution in [0.1, 0.15) is 68.6 Å². The molecular weight excluding hydrogens is 329 g/mol. The van der Waals surface area contributed by atoms with E-state index in [1.165, 1.54) is 18.6 Å². The van der Waals surface area contributed by atoms with Gasteiger partial charge in [0.15, 0.2) is 5.82 Å². The quantitative estimate of drug-likeness (QED) is 0.899. The highest BCUT2D eigenvalue weighted by Crippen LogP contribution is 2.45. The Balaban J connectivity index is 0.00000169. The SMILES string of the molecule is Cl.NC1(c2noc(C3(c4ccc(F)cc4)CCCCC3)n2)CCC1. The molecule has 24 heavy (non-hydrogen) atoms. The van der Waals surface area contributed by atoms with Gasteiger partial charge in [-0.05, 0) is 49.8 Å². The number of benzene rings is 1. The second-order valence-corrected chi connectivity index (χ2v) is 7.08. The first-order valence-electron chi connectivity index (χ1n) is 8.52. The molecule has 2 aliphatic rings. The molecule has 6 heteroatoms. The Hall–Kier alpha value is -1.46. The van der Waals surface area contributed by atoms with Gasteiger partial charge in [0.25, 0.3) is 0 Å². The third-order valence-corrected chi connectivity index (χ3v) is 5.63. The molecule has 2 saturated carbocycles. The highest BCUT2D eigenvalue weighted by molar-refractivity contribution is 5.85. The van der Waals surface area contributed by atoms with Gasteiger partial charge < -0.3 is 10.3 Å². The van der Waals surface area contributed by atoms with Gasteiger partial charge in [-0.1, -0.05) is 36.6 Å². The number of aromatic nitrogens is 2. The number of nitrogens with zero attached hydrogens (tertiary/aromatic N) is 2. The normalized spacial score (nSPS) is 21.6. The fourth-order valence-electron chi connectivity index (χ4n) is 3.95. The molecule has 2 fully saturated rings. The molecule has 0 spiro atoms. The van der Waals surface area contributed by atoms with Gasteiger partial charge in [-0.25, -0.2) is 4.39 Å². The van der Waals surface area contributed by atoms with E-state index >= 15 is 0 Å². The average Bonchev–Trinajstić information content (AvgIpc) is 3.05. The minimum Gasteiger partial charge on any atom is -0.338 e. The van der Waals surface area contributed by atoms with Gasteiger partial charge in [-0.15, -0.1) is 12.4 Å². The lowest BCUT2D eigenvalue weighted by Crippen LogP contribution is -2.44. The maximum atomic E-state index is 13.3. The minimum absolute atomic E-state index is 0. The van der Waals surface area contributed by atoms with Crippen LogP contribution in [0.15, 0.2) is 28.8 Å². The van der Waals surface area contributed by atoms with E-state index in [0.717, 1.165) is 50.5 Å². The predicted molar refractivity (Wildman–Crippen MR) is 91.5 cm³/mol. The summed E-state index contributed by atoms with van der Waals surface area (Å²) >= 11 is 0. The van der Waals surface area contributed by atoms with Gasteiger partial charge in [0.05, 0.1) is 11.0 Å².